The van der Waals surface area contributed by atoms with Crippen LogP contribution in [0.15, 0.2) is 24.5 Å². The van der Waals surface area contributed by atoms with Gasteiger partial charge in [0.15, 0.2) is 0 Å². The minimum absolute atomic E-state index is 0.116. The topological polar surface area (TPSA) is 175 Å². The summed E-state index contributed by atoms with van der Waals surface area (Å²) >= 11 is 1.46. The number of alkyl carbamates (subject to hydrolysis) is 2. The number of methoxy groups -OCH3 is 2. The van der Waals surface area contributed by atoms with E-state index in [4.69, 9.17) is 9.47 Å². The molecule has 0 aliphatic carbocycles. The summed E-state index contributed by atoms with van der Waals surface area (Å²) in [6.07, 6.45) is 5.21. The second-order valence-electron chi connectivity index (χ2n) is 13.1. The Morgan fingerprint density at radius 3 is 1.53 bits per heavy atom. The van der Waals surface area contributed by atoms with E-state index in [1.807, 2.05) is 39.8 Å². The zero-order chi connectivity index (χ0) is 36.7. The summed E-state index contributed by atoms with van der Waals surface area (Å²) in [5.41, 5.74) is 1.26. The molecule has 0 unspecified atom stereocenters. The number of carbonyl (C=O) groups is 4. The SMILES string of the molecule is COC(=O)N[C@H](C(=O)N1CCC[C@H]1c1ncc(C#Cc2ccc(C#Cc3cnc([C@@H]4CCCN4C(=O)[C@@H](NC(=O)OC)C(C)C)[nH]3)s2)[nH]1)C(C)C. The highest BCUT2D eigenvalue weighted by Crippen LogP contribution is 2.32. The number of likely N-dealkylation sites (tertiary alicyclic amines) is 2. The van der Waals surface area contributed by atoms with Crippen molar-refractivity contribution >= 4 is 35.3 Å². The molecular weight excluding hydrogens is 673 g/mol. The average Bonchev–Trinajstić information content (AvgIpc) is 3.96. The number of hydrogen-bond donors (Lipinski definition) is 4. The van der Waals surface area contributed by atoms with Crippen molar-refractivity contribution in [2.75, 3.05) is 27.3 Å². The van der Waals surface area contributed by atoms with E-state index in [1.54, 1.807) is 22.2 Å². The molecule has 4 atom stereocenters. The smallest absolute Gasteiger partial charge is 0.407 e. The van der Waals surface area contributed by atoms with Gasteiger partial charge in [0.25, 0.3) is 0 Å². The summed E-state index contributed by atoms with van der Waals surface area (Å²) in [6, 6.07) is 1.94. The van der Waals surface area contributed by atoms with E-state index >= 15 is 0 Å². The lowest BCUT2D eigenvalue weighted by atomic mass is 10.0. The molecule has 5 rings (SSSR count). The number of ether oxygens (including phenoxy) is 2. The Morgan fingerprint density at radius 2 is 1.16 bits per heavy atom. The molecule has 2 saturated heterocycles. The molecule has 51 heavy (non-hydrogen) atoms. The van der Waals surface area contributed by atoms with Gasteiger partial charge in [-0.3, -0.25) is 9.59 Å². The molecule has 0 aromatic carbocycles. The number of thiophene rings is 1. The van der Waals surface area contributed by atoms with Crippen LogP contribution in [0.1, 0.15) is 98.3 Å². The monoisotopic (exact) mass is 716 g/mol. The Labute approximate surface area is 301 Å². The zero-order valence-corrected chi connectivity index (χ0v) is 30.5. The maximum atomic E-state index is 13.4. The van der Waals surface area contributed by atoms with Gasteiger partial charge in [-0.1, -0.05) is 27.7 Å². The van der Waals surface area contributed by atoms with Gasteiger partial charge in [0.1, 0.15) is 35.1 Å². The van der Waals surface area contributed by atoms with Crippen LogP contribution in [0, 0.1) is 35.5 Å². The van der Waals surface area contributed by atoms with Crippen molar-refractivity contribution in [1.82, 2.24) is 40.4 Å². The van der Waals surface area contributed by atoms with Crippen LogP contribution in [-0.4, -0.2) is 93.1 Å². The maximum absolute atomic E-state index is 13.4. The van der Waals surface area contributed by atoms with E-state index in [0.717, 1.165) is 35.4 Å². The van der Waals surface area contributed by atoms with Crippen molar-refractivity contribution in [1.29, 1.82) is 0 Å². The van der Waals surface area contributed by atoms with Gasteiger partial charge in [-0.15, -0.1) is 11.3 Å². The fourth-order valence-corrected chi connectivity index (χ4v) is 6.97. The number of amides is 4. The third-order valence-corrected chi connectivity index (χ3v) is 9.84. The quantitative estimate of drug-likeness (QED) is 0.252. The largest absolute Gasteiger partial charge is 0.453 e. The van der Waals surface area contributed by atoms with Gasteiger partial charge >= 0.3 is 12.2 Å². The average molecular weight is 717 g/mol. The van der Waals surface area contributed by atoms with Gasteiger partial charge in [-0.2, -0.15) is 0 Å². The van der Waals surface area contributed by atoms with Crippen LogP contribution in [0.25, 0.3) is 0 Å². The highest BCUT2D eigenvalue weighted by molar-refractivity contribution is 7.13. The number of rotatable bonds is 8. The maximum Gasteiger partial charge on any atom is 0.407 e. The first-order valence-corrected chi connectivity index (χ1v) is 17.8. The van der Waals surface area contributed by atoms with E-state index in [-0.39, 0.29) is 35.7 Å². The summed E-state index contributed by atoms with van der Waals surface area (Å²) in [6.45, 7) is 8.67. The molecule has 2 aliphatic rings. The summed E-state index contributed by atoms with van der Waals surface area (Å²) < 4.78 is 9.44. The second-order valence-corrected chi connectivity index (χ2v) is 14.2. The number of nitrogens with zero attached hydrogens (tertiary/aromatic N) is 4. The first-order valence-electron chi connectivity index (χ1n) is 17.0. The van der Waals surface area contributed by atoms with Crippen LogP contribution < -0.4 is 10.6 Å². The predicted molar refractivity (Wildman–Crippen MR) is 189 cm³/mol. The Balaban J connectivity index is 1.21. The number of nitrogens with one attached hydrogen (secondary N) is 4. The van der Waals surface area contributed by atoms with Gasteiger partial charge in [0.2, 0.25) is 11.8 Å². The van der Waals surface area contributed by atoms with Crippen LogP contribution in [0.4, 0.5) is 9.59 Å². The lowest BCUT2D eigenvalue weighted by molar-refractivity contribution is -0.136. The Morgan fingerprint density at radius 1 is 0.745 bits per heavy atom. The van der Waals surface area contributed by atoms with Crippen LogP contribution >= 0.6 is 11.3 Å². The lowest BCUT2D eigenvalue weighted by Crippen LogP contribution is -2.51. The molecule has 2 fully saturated rings. The van der Waals surface area contributed by atoms with Crippen LogP contribution in [-0.2, 0) is 19.1 Å². The van der Waals surface area contributed by atoms with Crippen LogP contribution in [0.5, 0.6) is 0 Å². The first kappa shape index (κ1) is 37.0. The molecule has 4 amide bonds. The fraction of sp³-hybridized carbons (Fsp3) is 0.500. The zero-order valence-electron chi connectivity index (χ0n) is 29.7. The van der Waals surface area contributed by atoms with Crippen molar-refractivity contribution in [2.24, 2.45) is 11.8 Å². The Hall–Kier alpha value is -5.28. The van der Waals surface area contributed by atoms with Crippen LogP contribution in [0.3, 0.4) is 0 Å². The first-order chi connectivity index (χ1) is 24.5. The van der Waals surface area contributed by atoms with Crippen molar-refractivity contribution < 1.29 is 28.7 Å². The van der Waals surface area contributed by atoms with Crippen molar-refractivity contribution in [2.45, 2.75) is 77.5 Å². The second kappa shape index (κ2) is 16.6. The van der Waals surface area contributed by atoms with E-state index in [1.165, 1.54) is 25.6 Å². The molecule has 270 valence electrons. The molecule has 4 N–H and O–H groups in total. The molecule has 14 nitrogen and oxygen atoms in total. The summed E-state index contributed by atoms with van der Waals surface area (Å²) in [4.78, 5) is 71.3. The van der Waals surface area contributed by atoms with E-state index < -0.39 is 24.3 Å². The number of imidazole rings is 2. The van der Waals surface area contributed by atoms with Gasteiger partial charge in [0, 0.05) is 13.1 Å². The van der Waals surface area contributed by atoms with E-state index in [9.17, 15) is 19.2 Å². The molecule has 0 radical (unpaired) electrons. The summed E-state index contributed by atoms with van der Waals surface area (Å²) in [5.74, 6) is 13.3. The molecule has 3 aromatic rings. The summed E-state index contributed by atoms with van der Waals surface area (Å²) in [7, 11) is 2.55. The Kier molecular flexibility index (Phi) is 12.1. The fourth-order valence-electron chi connectivity index (χ4n) is 6.25. The molecule has 0 bridgehead atoms. The number of aromatic amines is 2. The van der Waals surface area contributed by atoms with E-state index in [2.05, 4.69) is 54.3 Å². The van der Waals surface area contributed by atoms with Crippen LogP contribution in [0.2, 0.25) is 0 Å². The predicted octanol–water partition coefficient (Wildman–Crippen LogP) is 4.08. The van der Waals surface area contributed by atoms with Crippen molar-refractivity contribution in [3.8, 4) is 23.7 Å². The van der Waals surface area contributed by atoms with Crippen molar-refractivity contribution in [3.05, 3.63) is 57.3 Å². The standard InChI is InChI=1S/C36H44N8O6S/c1-21(2)29(41-35(47)49-5)33(45)43-17-7-9-27(43)31-37-19-23(39-31)11-13-25-15-16-26(51-25)14-12-24-20-38-32(40-24)28-10-8-18-44(28)34(46)30(22(3)4)42-36(48)50-6/h15-16,19-22,27-30H,7-10,17-18H2,1-6H3,(H,37,39)(H,38,40)(H,41,47)(H,42,48)/t27-,28-,29-,30-/m0/s1. The normalized spacial score (nSPS) is 18.0. The molecule has 5 heterocycles. The molecular formula is C36H44N8O6S. The van der Waals surface area contributed by atoms with Gasteiger partial charge in [-0.05, 0) is 73.3 Å². The third-order valence-electron chi connectivity index (χ3n) is 8.92. The van der Waals surface area contributed by atoms with Gasteiger partial charge in [-0.25, -0.2) is 19.6 Å². The molecule has 3 aromatic heterocycles. The Bertz CT molecular complexity index is 1730. The highest BCUT2D eigenvalue weighted by Gasteiger charge is 2.38. The molecule has 2 aliphatic heterocycles. The van der Waals surface area contributed by atoms with Gasteiger partial charge < -0.3 is 39.9 Å². The third kappa shape index (κ3) is 8.91. The molecule has 0 saturated carbocycles. The number of H-pyrrole nitrogens is 2. The van der Waals surface area contributed by atoms with Gasteiger partial charge in [0.05, 0.1) is 48.5 Å². The molecule has 15 heteroatoms. The highest BCUT2D eigenvalue weighted by atomic mass is 32.1. The lowest BCUT2D eigenvalue weighted by Gasteiger charge is -2.29. The summed E-state index contributed by atoms with van der Waals surface area (Å²) in [5, 5.41) is 5.33. The minimum atomic E-state index is -0.701. The molecule has 0 spiro atoms. The van der Waals surface area contributed by atoms with E-state index in [0.29, 0.717) is 36.1 Å². The number of aromatic nitrogens is 4. The number of hydrogen-bond acceptors (Lipinski definition) is 9. The van der Waals surface area contributed by atoms with Crippen molar-refractivity contribution in [3.63, 3.8) is 0 Å². The number of carbonyl (C=O) groups excluding carboxylic acids is 4. The minimum Gasteiger partial charge on any atom is -0.453 e.